The highest BCUT2D eigenvalue weighted by atomic mass is 32.1. The zero-order valence-electron chi connectivity index (χ0n) is 13.3. The quantitative estimate of drug-likeness (QED) is 0.819. The van der Waals surface area contributed by atoms with Crippen LogP contribution in [0.1, 0.15) is 59.7 Å². The van der Waals surface area contributed by atoms with Crippen LogP contribution in [-0.4, -0.2) is 22.3 Å². The van der Waals surface area contributed by atoms with E-state index in [1.54, 1.807) is 23.5 Å². The van der Waals surface area contributed by atoms with Gasteiger partial charge in [0, 0.05) is 11.9 Å². The van der Waals surface area contributed by atoms with Crippen molar-refractivity contribution in [2.24, 2.45) is 0 Å². The Hall–Kier alpha value is -1.75. The molecule has 0 N–H and O–H groups in total. The summed E-state index contributed by atoms with van der Waals surface area (Å²) < 4.78 is 13.2. The average molecular weight is 332 g/mol. The Morgan fingerprint density at radius 3 is 2.87 bits per heavy atom. The summed E-state index contributed by atoms with van der Waals surface area (Å²) in [6.07, 6.45) is 4.96. The molecule has 2 aromatic rings. The van der Waals surface area contributed by atoms with Crippen molar-refractivity contribution in [2.75, 3.05) is 6.54 Å². The van der Waals surface area contributed by atoms with Gasteiger partial charge in [0.1, 0.15) is 11.5 Å². The number of amides is 1. The van der Waals surface area contributed by atoms with Gasteiger partial charge < -0.3 is 4.90 Å². The van der Waals surface area contributed by atoms with Gasteiger partial charge in [-0.25, -0.2) is 9.37 Å². The molecule has 1 aromatic carbocycles. The Bertz CT molecular complexity index is 668. The van der Waals surface area contributed by atoms with Gasteiger partial charge in [-0.05, 0) is 49.8 Å². The summed E-state index contributed by atoms with van der Waals surface area (Å²) in [6, 6.07) is 6.53. The number of aromatic nitrogens is 1. The molecule has 3 rings (SSSR count). The molecule has 1 aliphatic heterocycles. The van der Waals surface area contributed by atoms with Crippen LogP contribution in [0.5, 0.6) is 0 Å². The molecule has 0 spiro atoms. The molecule has 1 atom stereocenters. The monoisotopic (exact) mass is 332 g/mol. The van der Waals surface area contributed by atoms with Gasteiger partial charge >= 0.3 is 0 Å². The Morgan fingerprint density at radius 1 is 1.35 bits per heavy atom. The van der Waals surface area contributed by atoms with Crippen LogP contribution >= 0.6 is 11.3 Å². The van der Waals surface area contributed by atoms with Crippen molar-refractivity contribution >= 4 is 17.2 Å². The molecular formula is C18H21FN2OS. The second-order valence-electron chi connectivity index (χ2n) is 5.94. The molecule has 1 amide bonds. The number of halogens is 1. The Kier molecular flexibility index (Phi) is 5.06. The number of likely N-dealkylation sites (tertiary alicyclic amines) is 1. The largest absolute Gasteiger partial charge is 0.330 e. The van der Waals surface area contributed by atoms with E-state index in [0.29, 0.717) is 5.69 Å². The molecule has 0 unspecified atom stereocenters. The fraction of sp³-hybridized carbons (Fsp3) is 0.444. The lowest BCUT2D eigenvalue weighted by atomic mass is 9.95. The molecule has 1 aliphatic rings. The maximum Gasteiger partial charge on any atom is 0.273 e. The van der Waals surface area contributed by atoms with Gasteiger partial charge in [-0.2, -0.15) is 0 Å². The van der Waals surface area contributed by atoms with Gasteiger partial charge in [-0.15, -0.1) is 11.3 Å². The van der Waals surface area contributed by atoms with E-state index in [1.807, 2.05) is 10.3 Å². The van der Waals surface area contributed by atoms with Crippen LogP contribution in [0.4, 0.5) is 4.39 Å². The predicted octanol–water partition coefficient (Wildman–Crippen LogP) is 4.60. The second-order valence-corrected chi connectivity index (χ2v) is 6.88. The third-order valence-electron chi connectivity index (χ3n) is 4.25. The van der Waals surface area contributed by atoms with Crippen molar-refractivity contribution in [1.82, 2.24) is 9.88 Å². The summed E-state index contributed by atoms with van der Waals surface area (Å²) in [5.74, 6) is -0.247. The summed E-state index contributed by atoms with van der Waals surface area (Å²) in [5.41, 5.74) is 1.55. The molecule has 0 radical (unpaired) electrons. The third kappa shape index (κ3) is 3.61. The van der Waals surface area contributed by atoms with Crippen molar-refractivity contribution in [3.63, 3.8) is 0 Å². The average Bonchev–Trinajstić information content (AvgIpc) is 3.04. The number of carbonyl (C=O) groups excluding carboxylic acids is 1. The molecule has 2 heterocycles. The van der Waals surface area contributed by atoms with Gasteiger partial charge in [0.05, 0.1) is 11.0 Å². The number of aryl methyl sites for hydroxylation is 1. The highest BCUT2D eigenvalue weighted by Gasteiger charge is 2.29. The van der Waals surface area contributed by atoms with Gasteiger partial charge in [-0.1, -0.05) is 19.1 Å². The van der Waals surface area contributed by atoms with Crippen LogP contribution in [0.25, 0.3) is 0 Å². The first-order valence-electron chi connectivity index (χ1n) is 8.20. The van der Waals surface area contributed by atoms with Gasteiger partial charge in [-0.3, -0.25) is 4.79 Å². The van der Waals surface area contributed by atoms with Crippen molar-refractivity contribution in [3.8, 4) is 0 Å². The first kappa shape index (κ1) is 16.1. The number of nitrogens with zero attached hydrogens (tertiary/aromatic N) is 2. The summed E-state index contributed by atoms with van der Waals surface area (Å²) in [7, 11) is 0. The fourth-order valence-electron chi connectivity index (χ4n) is 3.09. The van der Waals surface area contributed by atoms with Crippen molar-refractivity contribution in [2.45, 2.75) is 45.1 Å². The van der Waals surface area contributed by atoms with Crippen LogP contribution in [0.15, 0.2) is 29.6 Å². The maximum absolute atomic E-state index is 13.2. The van der Waals surface area contributed by atoms with E-state index in [9.17, 15) is 9.18 Å². The van der Waals surface area contributed by atoms with Crippen molar-refractivity contribution in [1.29, 1.82) is 0 Å². The number of carbonyl (C=O) groups is 1. The van der Waals surface area contributed by atoms with Gasteiger partial charge in [0.15, 0.2) is 0 Å². The van der Waals surface area contributed by atoms with Crippen LogP contribution < -0.4 is 0 Å². The highest BCUT2D eigenvalue weighted by Crippen LogP contribution is 2.32. The maximum atomic E-state index is 13.2. The molecule has 1 saturated heterocycles. The Labute approximate surface area is 140 Å². The molecular weight excluding hydrogens is 311 g/mol. The van der Waals surface area contributed by atoms with Gasteiger partial charge in [0.2, 0.25) is 0 Å². The summed E-state index contributed by atoms with van der Waals surface area (Å²) in [5, 5.41) is 2.88. The summed E-state index contributed by atoms with van der Waals surface area (Å²) in [6.45, 7) is 2.85. The minimum absolute atomic E-state index is 0.00220. The van der Waals surface area contributed by atoms with E-state index in [-0.39, 0.29) is 17.8 Å². The van der Waals surface area contributed by atoms with E-state index in [2.05, 4.69) is 11.9 Å². The number of hydrogen-bond donors (Lipinski definition) is 0. The topological polar surface area (TPSA) is 33.2 Å². The SMILES string of the molecule is CCCc1nc(C(=O)N2CCCC[C@H]2c2ccc(F)cc2)cs1. The normalized spacial score (nSPS) is 18.2. The molecule has 0 bridgehead atoms. The number of thiazole rings is 1. The first-order valence-corrected chi connectivity index (χ1v) is 9.08. The van der Waals surface area contributed by atoms with Crippen LogP contribution in [0.3, 0.4) is 0 Å². The zero-order valence-corrected chi connectivity index (χ0v) is 14.1. The molecule has 122 valence electrons. The number of rotatable bonds is 4. The van der Waals surface area contributed by atoms with Crippen LogP contribution in [0.2, 0.25) is 0 Å². The minimum atomic E-state index is -0.244. The molecule has 0 saturated carbocycles. The van der Waals surface area contributed by atoms with E-state index >= 15 is 0 Å². The molecule has 0 aliphatic carbocycles. The summed E-state index contributed by atoms with van der Waals surface area (Å²) in [4.78, 5) is 19.3. The van der Waals surface area contributed by atoms with E-state index in [1.165, 1.54) is 12.1 Å². The lowest BCUT2D eigenvalue weighted by molar-refractivity contribution is 0.0606. The lowest BCUT2D eigenvalue weighted by Gasteiger charge is -2.35. The third-order valence-corrected chi connectivity index (χ3v) is 5.16. The second kappa shape index (κ2) is 7.21. The predicted molar refractivity (Wildman–Crippen MR) is 90.1 cm³/mol. The molecule has 1 fully saturated rings. The molecule has 1 aromatic heterocycles. The van der Waals surface area contributed by atoms with Crippen LogP contribution in [-0.2, 0) is 6.42 Å². The van der Waals surface area contributed by atoms with E-state index in [4.69, 9.17) is 0 Å². The minimum Gasteiger partial charge on any atom is -0.330 e. The molecule has 23 heavy (non-hydrogen) atoms. The molecule has 5 heteroatoms. The fourth-order valence-corrected chi connectivity index (χ4v) is 3.97. The first-order chi connectivity index (χ1) is 11.2. The number of hydrogen-bond acceptors (Lipinski definition) is 3. The van der Waals surface area contributed by atoms with Gasteiger partial charge in [0.25, 0.3) is 5.91 Å². The van der Waals surface area contributed by atoms with E-state index in [0.717, 1.165) is 49.2 Å². The van der Waals surface area contributed by atoms with E-state index < -0.39 is 0 Å². The number of benzene rings is 1. The van der Waals surface area contributed by atoms with Crippen LogP contribution in [0, 0.1) is 5.82 Å². The van der Waals surface area contributed by atoms with Crippen molar-refractivity contribution in [3.05, 3.63) is 51.7 Å². The summed E-state index contributed by atoms with van der Waals surface area (Å²) >= 11 is 1.56. The molecule has 3 nitrogen and oxygen atoms in total. The smallest absolute Gasteiger partial charge is 0.273 e. The highest BCUT2D eigenvalue weighted by molar-refractivity contribution is 7.09. The standard InChI is InChI=1S/C18H21FN2OS/c1-2-5-17-20-15(12-23-17)18(22)21-11-4-3-6-16(21)13-7-9-14(19)10-8-13/h7-10,12,16H,2-6,11H2,1H3/t16-/m0/s1. The Balaban J connectivity index is 1.82. The Morgan fingerprint density at radius 2 is 2.13 bits per heavy atom. The van der Waals surface area contributed by atoms with Crippen molar-refractivity contribution < 1.29 is 9.18 Å². The zero-order chi connectivity index (χ0) is 16.2. The lowest BCUT2D eigenvalue weighted by Crippen LogP contribution is -2.38. The number of piperidine rings is 1.